The number of hydrogen-bond acceptors (Lipinski definition) is 3. The number of thiazole rings is 1. The fourth-order valence-electron chi connectivity index (χ4n) is 2.63. The summed E-state index contributed by atoms with van der Waals surface area (Å²) >= 11 is 1.76. The predicted molar refractivity (Wildman–Crippen MR) is 74.5 cm³/mol. The van der Waals surface area contributed by atoms with Crippen molar-refractivity contribution in [1.82, 2.24) is 10.3 Å². The summed E-state index contributed by atoms with van der Waals surface area (Å²) in [6.07, 6.45) is 9.79. The smallest absolute Gasteiger partial charge is 0.0937 e. The fourth-order valence-corrected chi connectivity index (χ4v) is 3.25. The molecule has 1 N–H and O–H groups in total. The maximum absolute atomic E-state index is 4.32. The van der Waals surface area contributed by atoms with Crippen LogP contribution in [-0.4, -0.2) is 17.6 Å². The lowest BCUT2D eigenvalue weighted by atomic mass is 9.85. The molecular weight excluding hydrogens is 228 g/mol. The van der Waals surface area contributed by atoms with Crippen molar-refractivity contribution in [2.75, 3.05) is 6.54 Å². The van der Waals surface area contributed by atoms with Crippen LogP contribution in [0.15, 0.2) is 11.6 Å². The molecule has 1 fully saturated rings. The zero-order valence-corrected chi connectivity index (χ0v) is 11.9. The maximum Gasteiger partial charge on any atom is 0.0937 e. The van der Waals surface area contributed by atoms with E-state index in [1.165, 1.54) is 37.1 Å². The van der Waals surface area contributed by atoms with Crippen molar-refractivity contribution in [2.45, 2.75) is 58.4 Å². The predicted octanol–water partition coefficient (Wildman–Crippen LogP) is 3.63. The minimum atomic E-state index is 0.561. The van der Waals surface area contributed by atoms with Gasteiger partial charge in [-0.3, -0.25) is 0 Å². The first kappa shape index (κ1) is 13.0. The molecule has 0 radical (unpaired) electrons. The van der Waals surface area contributed by atoms with Crippen molar-refractivity contribution in [1.29, 1.82) is 0 Å². The van der Waals surface area contributed by atoms with Crippen molar-refractivity contribution >= 4 is 11.3 Å². The summed E-state index contributed by atoms with van der Waals surface area (Å²) in [5, 5.41) is 7.02. The van der Waals surface area contributed by atoms with Crippen LogP contribution in [0.25, 0.3) is 0 Å². The van der Waals surface area contributed by atoms with Gasteiger partial charge in [-0.1, -0.05) is 20.3 Å². The van der Waals surface area contributed by atoms with Crippen LogP contribution in [0.4, 0.5) is 0 Å². The fraction of sp³-hybridized carbons (Fsp3) is 0.786. The second-order valence-corrected chi connectivity index (χ2v) is 6.90. The molecular formula is C14H24N2S. The van der Waals surface area contributed by atoms with Gasteiger partial charge in [-0.15, -0.1) is 11.3 Å². The molecule has 1 aliphatic rings. The van der Waals surface area contributed by atoms with Crippen molar-refractivity contribution in [3.63, 3.8) is 0 Å². The Kier molecular flexibility index (Phi) is 4.57. The average molecular weight is 252 g/mol. The monoisotopic (exact) mass is 252 g/mol. The van der Waals surface area contributed by atoms with E-state index in [1.54, 1.807) is 11.3 Å². The van der Waals surface area contributed by atoms with Gasteiger partial charge in [0.05, 0.1) is 5.01 Å². The highest BCUT2D eigenvalue weighted by molar-refractivity contribution is 7.09. The molecule has 1 saturated carbocycles. The third-order valence-electron chi connectivity index (χ3n) is 3.83. The number of nitrogens with one attached hydrogen (secondary N) is 1. The molecule has 1 unspecified atom stereocenters. The molecule has 1 aromatic heterocycles. The molecule has 2 nitrogen and oxygen atoms in total. The first-order valence-electron chi connectivity index (χ1n) is 6.77. The van der Waals surface area contributed by atoms with Crippen LogP contribution in [-0.2, 0) is 6.42 Å². The van der Waals surface area contributed by atoms with E-state index in [0.717, 1.165) is 19.0 Å². The molecule has 1 atom stereocenters. The lowest BCUT2D eigenvalue weighted by Gasteiger charge is -2.22. The normalized spacial score (nSPS) is 24.5. The summed E-state index contributed by atoms with van der Waals surface area (Å²) in [7, 11) is 0. The second-order valence-electron chi connectivity index (χ2n) is 5.92. The Balaban J connectivity index is 1.69. The van der Waals surface area contributed by atoms with Gasteiger partial charge in [0, 0.05) is 30.6 Å². The molecule has 17 heavy (non-hydrogen) atoms. The Morgan fingerprint density at radius 3 is 3.06 bits per heavy atom. The van der Waals surface area contributed by atoms with Gasteiger partial charge in [0.15, 0.2) is 0 Å². The van der Waals surface area contributed by atoms with Gasteiger partial charge >= 0.3 is 0 Å². The van der Waals surface area contributed by atoms with Crippen LogP contribution < -0.4 is 5.32 Å². The van der Waals surface area contributed by atoms with E-state index in [4.69, 9.17) is 0 Å². The second kappa shape index (κ2) is 5.96. The van der Waals surface area contributed by atoms with Gasteiger partial charge in [-0.05, 0) is 31.1 Å². The standard InChI is InChI=1S/C14H24N2S/c1-14(2)7-3-4-12(5-8-14)15-9-6-13-16-10-11-17-13/h10-12,15H,3-9H2,1-2H3. The number of aromatic nitrogens is 1. The molecule has 1 aliphatic carbocycles. The first-order valence-corrected chi connectivity index (χ1v) is 7.65. The zero-order valence-electron chi connectivity index (χ0n) is 11.0. The average Bonchev–Trinajstić information content (AvgIpc) is 2.72. The number of hydrogen-bond donors (Lipinski definition) is 1. The van der Waals surface area contributed by atoms with Crippen molar-refractivity contribution in [3.05, 3.63) is 16.6 Å². The third kappa shape index (κ3) is 4.40. The summed E-state index contributed by atoms with van der Waals surface area (Å²) in [6.45, 7) is 5.90. The lowest BCUT2D eigenvalue weighted by molar-refractivity contribution is 0.310. The Morgan fingerprint density at radius 2 is 2.29 bits per heavy atom. The molecule has 1 aromatic rings. The van der Waals surface area contributed by atoms with Crippen LogP contribution in [0, 0.1) is 5.41 Å². The summed E-state index contributed by atoms with van der Waals surface area (Å²) < 4.78 is 0. The SMILES string of the molecule is CC1(C)CCCC(NCCc2nccs2)CC1. The van der Waals surface area contributed by atoms with E-state index in [9.17, 15) is 0 Å². The topological polar surface area (TPSA) is 24.9 Å². The largest absolute Gasteiger partial charge is 0.314 e. The van der Waals surface area contributed by atoms with E-state index < -0.39 is 0 Å². The molecule has 0 amide bonds. The quantitative estimate of drug-likeness (QED) is 0.828. The van der Waals surface area contributed by atoms with E-state index >= 15 is 0 Å². The molecule has 3 heteroatoms. The Labute approximate surface area is 109 Å². The number of rotatable bonds is 4. The minimum Gasteiger partial charge on any atom is -0.314 e. The third-order valence-corrected chi connectivity index (χ3v) is 4.67. The summed E-state index contributed by atoms with van der Waals surface area (Å²) in [5.74, 6) is 0. The Bertz CT molecular complexity index is 319. The summed E-state index contributed by atoms with van der Waals surface area (Å²) in [5.41, 5.74) is 0.561. The molecule has 0 spiro atoms. The van der Waals surface area contributed by atoms with Crippen molar-refractivity contribution < 1.29 is 0 Å². The first-order chi connectivity index (χ1) is 8.16. The van der Waals surface area contributed by atoms with Gasteiger partial charge in [-0.2, -0.15) is 0 Å². The Morgan fingerprint density at radius 1 is 1.41 bits per heavy atom. The molecule has 0 aromatic carbocycles. The van der Waals surface area contributed by atoms with E-state index in [1.807, 2.05) is 6.20 Å². The lowest BCUT2D eigenvalue weighted by Crippen LogP contribution is -2.30. The van der Waals surface area contributed by atoms with Gasteiger partial charge in [-0.25, -0.2) is 4.98 Å². The van der Waals surface area contributed by atoms with Crippen molar-refractivity contribution in [2.24, 2.45) is 5.41 Å². The molecule has 1 heterocycles. The molecule has 0 aliphatic heterocycles. The van der Waals surface area contributed by atoms with Crippen LogP contribution in [0.2, 0.25) is 0 Å². The van der Waals surface area contributed by atoms with Gasteiger partial charge in [0.25, 0.3) is 0 Å². The van der Waals surface area contributed by atoms with Crippen LogP contribution in [0.3, 0.4) is 0 Å². The minimum absolute atomic E-state index is 0.561. The van der Waals surface area contributed by atoms with Crippen LogP contribution in [0.5, 0.6) is 0 Å². The molecule has 0 bridgehead atoms. The van der Waals surface area contributed by atoms with Gasteiger partial charge < -0.3 is 5.32 Å². The maximum atomic E-state index is 4.32. The van der Waals surface area contributed by atoms with Crippen LogP contribution in [0.1, 0.15) is 51.0 Å². The summed E-state index contributed by atoms with van der Waals surface area (Å²) in [6, 6.07) is 0.733. The van der Waals surface area contributed by atoms with E-state index in [2.05, 4.69) is 29.5 Å². The summed E-state index contributed by atoms with van der Waals surface area (Å²) in [4.78, 5) is 4.32. The van der Waals surface area contributed by atoms with Gasteiger partial charge in [0.2, 0.25) is 0 Å². The molecule has 96 valence electrons. The van der Waals surface area contributed by atoms with E-state index in [-0.39, 0.29) is 0 Å². The molecule has 2 rings (SSSR count). The molecule has 0 saturated heterocycles. The van der Waals surface area contributed by atoms with Crippen molar-refractivity contribution in [3.8, 4) is 0 Å². The van der Waals surface area contributed by atoms with E-state index in [0.29, 0.717) is 5.41 Å². The van der Waals surface area contributed by atoms with Crippen LogP contribution >= 0.6 is 11.3 Å². The zero-order chi connectivity index (χ0) is 12.1. The highest BCUT2D eigenvalue weighted by Gasteiger charge is 2.23. The number of nitrogens with zero attached hydrogens (tertiary/aromatic N) is 1. The Hall–Kier alpha value is -0.410. The van der Waals surface area contributed by atoms with Gasteiger partial charge in [0.1, 0.15) is 0 Å². The highest BCUT2D eigenvalue weighted by atomic mass is 32.1. The highest BCUT2D eigenvalue weighted by Crippen LogP contribution is 2.33.